The fourth-order valence-electron chi connectivity index (χ4n) is 0.982. The van der Waals surface area contributed by atoms with Gasteiger partial charge in [0.15, 0.2) is 5.96 Å². The van der Waals surface area contributed by atoms with Crippen molar-refractivity contribution in [3.05, 3.63) is 0 Å². The number of guanidine groups is 1. The smallest absolute Gasteiger partial charge is 0.211 e. The summed E-state index contributed by atoms with van der Waals surface area (Å²) in [7, 11) is -1.41. The van der Waals surface area contributed by atoms with E-state index in [4.69, 9.17) is 0 Å². The summed E-state index contributed by atoms with van der Waals surface area (Å²) < 4.78 is 24.8. The van der Waals surface area contributed by atoms with Gasteiger partial charge in [0, 0.05) is 32.4 Å². The van der Waals surface area contributed by atoms with Crippen LogP contribution in [-0.4, -0.2) is 58.8 Å². The fraction of sp³-hybridized carbons (Fsp3) is 0.889. The lowest BCUT2D eigenvalue weighted by molar-refractivity contribution is 0.582. The number of thioether (sulfide) groups is 1. The molecular weight excluding hydrogens is 387 g/mol. The molecule has 0 amide bonds. The first-order valence-corrected chi connectivity index (χ1v) is 8.51. The fourth-order valence-corrected chi connectivity index (χ4v) is 1.90. The molecule has 0 aromatic carbocycles. The number of hydrogen-bond donors (Lipinski definition) is 3. The first-order valence-electron chi connectivity index (χ1n) is 5.46. The summed E-state index contributed by atoms with van der Waals surface area (Å²) in [5, 5.41) is 6.15. The molecule has 0 unspecified atom stereocenters. The van der Waals surface area contributed by atoms with E-state index in [-0.39, 0.29) is 29.7 Å². The predicted octanol–water partition coefficient (Wildman–Crippen LogP) is 0.0717. The Labute approximate surface area is 131 Å². The van der Waals surface area contributed by atoms with Crippen LogP contribution in [0.4, 0.5) is 0 Å². The van der Waals surface area contributed by atoms with E-state index in [1.54, 1.807) is 25.7 Å². The summed E-state index contributed by atoms with van der Waals surface area (Å²) in [5.41, 5.74) is 0. The number of aliphatic imine (C=N–C) groups is 1. The Morgan fingerprint density at radius 2 is 1.83 bits per heavy atom. The molecule has 0 saturated carbocycles. The first-order chi connectivity index (χ1) is 8.05. The van der Waals surface area contributed by atoms with Gasteiger partial charge >= 0.3 is 0 Å². The lowest BCUT2D eigenvalue weighted by Gasteiger charge is -2.11. The normalized spacial score (nSPS) is 11.8. The van der Waals surface area contributed by atoms with Crippen molar-refractivity contribution in [1.82, 2.24) is 15.4 Å². The zero-order valence-corrected chi connectivity index (χ0v) is 15.0. The number of rotatable bonds is 8. The van der Waals surface area contributed by atoms with E-state index in [1.165, 1.54) is 0 Å². The average Bonchev–Trinajstić information content (AvgIpc) is 2.32. The van der Waals surface area contributed by atoms with Gasteiger partial charge in [0.2, 0.25) is 10.0 Å². The molecule has 0 fully saturated rings. The van der Waals surface area contributed by atoms with Crippen LogP contribution >= 0.6 is 35.7 Å². The van der Waals surface area contributed by atoms with E-state index in [1.807, 2.05) is 6.26 Å². The third kappa shape index (κ3) is 11.4. The van der Waals surface area contributed by atoms with Crippen molar-refractivity contribution in [3.63, 3.8) is 0 Å². The minimum absolute atomic E-state index is 0. The molecule has 0 rings (SSSR count). The van der Waals surface area contributed by atoms with Crippen molar-refractivity contribution in [1.29, 1.82) is 0 Å². The van der Waals surface area contributed by atoms with Gasteiger partial charge in [-0.1, -0.05) is 0 Å². The molecular formula is C9H23IN4O2S2. The Morgan fingerprint density at radius 3 is 2.33 bits per heavy atom. The molecule has 0 aliphatic heterocycles. The minimum atomic E-state index is -3.10. The Hall–Kier alpha value is 0.260. The second kappa shape index (κ2) is 12.3. The Morgan fingerprint density at radius 1 is 1.22 bits per heavy atom. The highest BCUT2D eigenvalue weighted by molar-refractivity contribution is 14.0. The van der Waals surface area contributed by atoms with E-state index in [2.05, 4.69) is 20.3 Å². The third-order valence-corrected chi connectivity index (χ3v) is 3.96. The molecule has 0 spiro atoms. The summed E-state index contributed by atoms with van der Waals surface area (Å²) in [6.45, 7) is 3.32. The van der Waals surface area contributed by atoms with Crippen LogP contribution in [0.15, 0.2) is 4.99 Å². The molecule has 0 aromatic heterocycles. The summed E-state index contributed by atoms with van der Waals surface area (Å²) >= 11 is 1.75. The van der Waals surface area contributed by atoms with Crippen LogP contribution in [0, 0.1) is 0 Å². The zero-order chi connectivity index (χ0) is 13.1. The molecule has 9 heteroatoms. The van der Waals surface area contributed by atoms with Gasteiger partial charge < -0.3 is 10.6 Å². The van der Waals surface area contributed by atoms with E-state index in [0.717, 1.165) is 12.3 Å². The van der Waals surface area contributed by atoms with Gasteiger partial charge in [-0.15, -0.1) is 24.0 Å². The summed E-state index contributed by atoms with van der Waals surface area (Å²) in [6, 6.07) is 0. The molecule has 0 radical (unpaired) electrons. The average molecular weight is 410 g/mol. The standard InChI is InChI=1S/C9H22N4O2S2.HI/c1-4-17(14,15)13-6-5-11-9(10-2)12-7-8-16-3;/h13H,4-8H2,1-3H3,(H2,10,11,12);1H. The van der Waals surface area contributed by atoms with Crippen LogP contribution in [0.25, 0.3) is 0 Å². The Bertz CT molecular complexity index is 323. The molecule has 0 aliphatic carbocycles. The van der Waals surface area contributed by atoms with Gasteiger partial charge in [-0.05, 0) is 13.2 Å². The minimum Gasteiger partial charge on any atom is -0.356 e. The molecule has 0 aromatic rings. The van der Waals surface area contributed by atoms with E-state index in [9.17, 15) is 8.42 Å². The topological polar surface area (TPSA) is 82.6 Å². The molecule has 110 valence electrons. The SMILES string of the molecule is CCS(=O)(=O)NCCNC(=NC)NCCSC.I. The maximum atomic E-state index is 11.1. The van der Waals surface area contributed by atoms with Crippen molar-refractivity contribution in [2.75, 3.05) is 44.4 Å². The van der Waals surface area contributed by atoms with Gasteiger partial charge in [0.05, 0.1) is 5.75 Å². The highest BCUT2D eigenvalue weighted by atomic mass is 127. The van der Waals surface area contributed by atoms with Gasteiger partial charge in [-0.25, -0.2) is 13.1 Å². The molecule has 6 nitrogen and oxygen atoms in total. The van der Waals surface area contributed by atoms with Crippen LogP contribution in [0.2, 0.25) is 0 Å². The van der Waals surface area contributed by atoms with Crippen molar-refractivity contribution in [2.45, 2.75) is 6.92 Å². The quantitative estimate of drug-likeness (QED) is 0.228. The molecule has 18 heavy (non-hydrogen) atoms. The number of hydrogen-bond acceptors (Lipinski definition) is 4. The Balaban J connectivity index is 0. The molecule has 0 heterocycles. The summed E-state index contributed by atoms with van der Waals surface area (Å²) in [4.78, 5) is 4.02. The lowest BCUT2D eigenvalue weighted by atomic mass is 10.6. The van der Waals surface area contributed by atoms with Crippen LogP contribution in [-0.2, 0) is 10.0 Å². The predicted molar refractivity (Wildman–Crippen MR) is 90.6 cm³/mol. The second-order valence-corrected chi connectivity index (χ2v) is 6.30. The summed E-state index contributed by atoms with van der Waals surface area (Å²) in [6.07, 6.45) is 2.04. The van der Waals surface area contributed by atoms with E-state index >= 15 is 0 Å². The van der Waals surface area contributed by atoms with Gasteiger partial charge in [0.1, 0.15) is 0 Å². The zero-order valence-electron chi connectivity index (χ0n) is 11.0. The van der Waals surface area contributed by atoms with Gasteiger partial charge in [-0.3, -0.25) is 4.99 Å². The molecule has 0 aliphatic rings. The Kier molecular flexibility index (Phi) is 14.1. The van der Waals surface area contributed by atoms with Crippen molar-refractivity contribution >= 4 is 51.7 Å². The van der Waals surface area contributed by atoms with Gasteiger partial charge in [0.25, 0.3) is 0 Å². The summed E-state index contributed by atoms with van der Waals surface area (Å²) in [5.74, 6) is 1.80. The van der Waals surface area contributed by atoms with E-state index in [0.29, 0.717) is 19.0 Å². The molecule has 3 N–H and O–H groups in total. The highest BCUT2D eigenvalue weighted by Crippen LogP contribution is 1.86. The van der Waals surface area contributed by atoms with E-state index < -0.39 is 10.0 Å². The number of nitrogens with one attached hydrogen (secondary N) is 3. The third-order valence-electron chi connectivity index (χ3n) is 1.94. The molecule has 0 atom stereocenters. The molecule has 0 saturated heterocycles. The molecule has 0 bridgehead atoms. The van der Waals surface area contributed by atoms with Crippen LogP contribution < -0.4 is 15.4 Å². The van der Waals surface area contributed by atoms with Crippen molar-refractivity contribution in [3.8, 4) is 0 Å². The van der Waals surface area contributed by atoms with Gasteiger partial charge in [-0.2, -0.15) is 11.8 Å². The second-order valence-electron chi connectivity index (χ2n) is 3.22. The van der Waals surface area contributed by atoms with Crippen LogP contribution in [0.3, 0.4) is 0 Å². The number of halogens is 1. The highest BCUT2D eigenvalue weighted by Gasteiger charge is 2.04. The maximum absolute atomic E-state index is 11.1. The monoisotopic (exact) mass is 410 g/mol. The lowest BCUT2D eigenvalue weighted by Crippen LogP contribution is -2.42. The maximum Gasteiger partial charge on any atom is 0.211 e. The van der Waals surface area contributed by atoms with Crippen LogP contribution in [0.1, 0.15) is 6.92 Å². The largest absolute Gasteiger partial charge is 0.356 e. The van der Waals surface area contributed by atoms with Crippen LogP contribution in [0.5, 0.6) is 0 Å². The number of nitrogens with zero attached hydrogens (tertiary/aromatic N) is 1. The van der Waals surface area contributed by atoms with Crippen molar-refractivity contribution < 1.29 is 8.42 Å². The number of sulfonamides is 1. The van der Waals surface area contributed by atoms with Crippen molar-refractivity contribution in [2.24, 2.45) is 4.99 Å². The first kappa shape index (κ1) is 20.6.